The van der Waals surface area contributed by atoms with Crippen LogP contribution >= 0.6 is 0 Å². The molecule has 0 spiro atoms. The van der Waals surface area contributed by atoms with Gasteiger partial charge in [0, 0.05) is 35.7 Å². The molecule has 0 aromatic heterocycles. The highest BCUT2D eigenvalue weighted by Crippen LogP contribution is 2.31. The van der Waals surface area contributed by atoms with Gasteiger partial charge in [0.2, 0.25) is 0 Å². The first-order valence-electron chi connectivity index (χ1n) is 10.4. The minimum Gasteiger partial charge on any atom is -0.344 e. The van der Waals surface area contributed by atoms with E-state index in [1.54, 1.807) is 0 Å². The highest BCUT2D eigenvalue weighted by atomic mass is 15.2. The summed E-state index contributed by atoms with van der Waals surface area (Å²) in [7, 11) is 2.16. The fourth-order valence-corrected chi connectivity index (χ4v) is 4.20. The predicted molar refractivity (Wildman–Crippen MR) is 124 cm³/mol. The van der Waals surface area contributed by atoms with Crippen LogP contribution in [0.1, 0.15) is 30.0 Å². The summed E-state index contributed by atoms with van der Waals surface area (Å²) in [5.41, 5.74) is 8.41. The standard InChI is InChI=1S/C25H30N4/c1-5-8-21(29-14-13-20-9-6-7-10-24(20)29)16-28(4)17-25-26-19(3)22-15-18(2)11-12-23(22)27-25/h6-12,15H,3,5,13-14,16-17H2,1-2,4H3,(H,26,27)/b21-8+. The van der Waals surface area contributed by atoms with Crippen LogP contribution in [0.25, 0.3) is 5.70 Å². The molecule has 4 nitrogen and oxygen atoms in total. The van der Waals surface area contributed by atoms with Gasteiger partial charge in [-0.2, -0.15) is 0 Å². The van der Waals surface area contributed by atoms with Crippen LogP contribution < -0.4 is 10.2 Å². The van der Waals surface area contributed by atoms with E-state index >= 15 is 0 Å². The number of rotatable bonds is 6. The molecular weight excluding hydrogens is 356 g/mol. The molecule has 2 aliphatic rings. The van der Waals surface area contributed by atoms with Gasteiger partial charge in [-0.3, -0.25) is 4.90 Å². The Kier molecular flexibility index (Phi) is 5.54. The molecule has 4 heteroatoms. The van der Waals surface area contributed by atoms with E-state index in [1.165, 1.54) is 22.5 Å². The topological polar surface area (TPSA) is 30.9 Å². The Morgan fingerprint density at radius 1 is 1.28 bits per heavy atom. The molecule has 2 aliphatic heterocycles. The van der Waals surface area contributed by atoms with E-state index < -0.39 is 0 Å². The lowest BCUT2D eigenvalue weighted by atomic mass is 10.1. The number of benzene rings is 2. The van der Waals surface area contributed by atoms with E-state index in [2.05, 4.69) is 91.1 Å². The maximum atomic E-state index is 4.83. The lowest BCUT2D eigenvalue weighted by Gasteiger charge is -2.29. The van der Waals surface area contributed by atoms with E-state index in [1.807, 2.05) is 0 Å². The minimum absolute atomic E-state index is 0.753. The number of allylic oxidation sites excluding steroid dienone is 1. The summed E-state index contributed by atoms with van der Waals surface area (Å²) in [4.78, 5) is 9.63. The van der Waals surface area contributed by atoms with Gasteiger partial charge in [-0.15, -0.1) is 0 Å². The van der Waals surface area contributed by atoms with Gasteiger partial charge in [-0.25, -0.2) is 4.99 Å². The number of nitrogens with zero attached hydrogens (tertiary/aromatic N) is 3. The molecule has 0 unspecified atom stereocenters. The van der Waals surface area contributed by atoms with Crippen molar-refractivity contribution < 1.29 is 0 Å². The quantitative estimate of drug-likeness (QED) is 0.767. The van der Waals surface area contributed by atoms with Crippen molar-refractivity contribution in [3.05, 3.63) is 77.5 Å². The summed E-state index contributed by atoms with van der Waals surface area (Å²) in [6, 6.07) is 15.1. The monoisotopic (exact) mass is 386 g/mol. The first-order chi connectivity index (χ1) is 14.0. The molecular formula is C25H30N4. The molecule has 0 radical (unpaired) electrons. The number of likely N-dealkylation sites (N-methyl/N-ethyl adjacent to an activating group) is 1. The number of hydrogen-bond donors (Lipinski definition) is 1. The summed E-state index contributed by atoms with van der Waals surface area (Å²) >= 11 is 0. The van der Waals surface area contributed by atoms with Crippen molar-refractivity contribution in [3.8, 4) is 0 Å². The molecule has 0 atom stereocenters. The zero-order valence-corrected chi connectivity index (χ0v) is 17.7. The summed E-state index contributed by atoms with van der Waals surface area (Å²) in [6.45, 7) is 11.2. The van der Waals surface area contributed by atoms with Crippen molar-refractivity contribution in [2.75, 3.05) is 31.6 Å². The number of aliphatic imine (C=N–C) groups is 1. The number of aryl methyl sites for hydroxylation is 1. The van der Waals surface area contributed by atoms with Crippen molar-refractivity contribution in [1.82, 2.24) is 10.2 Å². The van der Waals surface area contributed by atoms with Crippen LogP contribution in [-0.2, 0) is 6.42 Å². The first kappa shape index (κ1) is 19.5. The van der Waals surface area contributed by atoms with Gasteiger partial charge in [0.15, 0.2) is 0 Å². The Morgan fingerprint density at radius 3 is 2.93 bits per heavy atom. The largest absolute Gasteiger partial charge is 0.344 e. The van der Waals surface area contributed by atoms with Gasteiger partial charge in [-0.1, -0.05) is 49.4 Å². The van der Waals surface area contributed by atoms with E-state index in [0.29, 0.717) is 0 Å². The molecule has 0 fully saturated rings. The highest BCUT2D eigenvalue weighted by molar-refractivity contribution is 5.98. The lowest BCUT2D eigenvalue weighted by Crippen LogP contribution is -2.38. The van der Waals surface area contributed by atoms with Crippen molar-refractivity contribution >= 4 is 22.9 Å². The van der Waals surface area contributed by atoms with Gasteiger partial charge < -0.3 is 10.2 Å². The average Bonchev–Trinajstić information content (AvgIpc) is 3.12. The molecule has 0 saturated heterocycles. The molecule has 4 rings (SSSR count). The first-order valence-corrected chi connectivity index (χ1v) is 10.4. The number of amidine groups is 1. The number of hydrogen-bond acceptors (Lipinski definition) is 4. The minimum atomic E-state index is 0.753. The summed E-state index contributed by atoms with van der Waals surface area (Å²) in [5, 5.41) is 3.40. The molecule has 2 aromatic carbocycles. The maximum absolute atomic E-state index is 4.83. The van der Waals surface area contributed by atoms with Gasteiger partial charge in [0.25, 0.3) is 0 Å². The molecule has 150 valence electrons. The Hall–Kier alpha value is -2.85. The molecule has 0 amide bonds. The molecule has 0 aliphatic carbocycles. The summed E-state index contributed by atoms with van der Waals surface area (Å²) in [6.07, 6.45) is 4.50. The Balaban J connectivity index is 1.49. The molecule has 2 heterocycles. The number of fused-ring (bicyclic) bond motifs is 2. The van der Waals surface area contributed by atoms with E-state index in [0.717, 1.165) is 55.3 Å². The second-order valence-corrected chi connectivity index (χ2v) is 7.99. The van der Waals surface area contributed by atoms with Crippen molar-refractivity contribution in [2.45, 2.75) is 26.7 Å². The molecule has 29 heavy (non-hydrogen) atoms. The summed E-state index contributed by atoms with van der Waals surface area (Å²) in [5.74, 6) is 0.950. The van der Waals surface area contributed by atoms with E-state index in [4.69, 9.17) is 4.99 Å². The van der Waals surface area contributed by atoms with Crippen LogP contribution in [0.15, 0.2) is 65.8 Å². The van der Waals surface area contributed by atoms with Crippen LogP contribution in [0.5, 0.6) is 0 Å². The van der Waals surface area contributed by atoms with Crippen LogP contribution in [0.4, 0.5) is 11.4 Å². The zero-order valence-electron chi connectivity index (χ0n) is 17.7. The number of para-hydroxylation sites is 1. The van der Waals surface area contributed by atoms with E-state index in [9.17, 15) is 0 Å². The zero-order chi connectivity index (χ0) is 20.4. The van der Waals surface area contributed by atoms with Crippen molar-refractivity contribution in [3.63, 3.8) is 0 Å². The van der Waals surface area contributed by atoms with Gasteiger partial charge in [0.1, 0.15) is 5.84 Å². The van der Waals surface area contributed by atoms with Gasteiger partial charge in [-0.05, 0) is 50.6 Å². The fraction of sp³-hybridized carbons (Fsp3) is 0.320. The smallest absolute Gasteiger partial charge is 0.121 e. The Bertz CT molecular complexity index is 986. The van der Waals surface area contributed by atoms with Crippen molar-refractivity contribution in [1.29, 1.82) is 0 Å². The lowest BCUT2D eigenvalue weighted by molar-refractivity contribution is 0.407. The van der Waals surface area contributed by atoms with Gasteiger partial charge in [0.05, 0.1) is 12.2 Å². The predicted octanol–water partition coefficient (Wildman–Crippen LogP) is 4.89. The normalized spacial score (nSPS) is 15.9. The molecule has 0 bridgehead atoms. The number of anilines is 1. The van der Waals surface area contributed by atoms with Crippen LogP contribution in [0.2, 0.25) is 0 Å². The maximum Gasteiger partial charge on any atom is 0.121 e. The second kappa shape index (κ2) is 8.26. The third-order valence-corrected chi connectivity index (χ3v) is 5.55. The molecule has 1 N–H and O–H groups in total. The number of nitrogens with one attached hydrogen (secondary N) is 1. The molecule has 0 saturated carbocycles. The fourth-order valence-electron chi connectivity index (χ4n) is 4.20. The Morgan fingerprint density at radius 2 is 2.10 bits per heavy atom. The van der Waals surface area contributed by atoms with Crippen LogP contribution in [0.3, 0.4) is 0 Å². The van der Waals surface area contributed by atoms with Gasteiger partial charge >= 0.3 is 0 Å². The summed E-state index contributed by atoms with van der Waals surface area (Å²) < 4.78 is 0. The third-order valence-electron chi connectivity index (χ3n) is 5.55. The third kappa shape index (κ3) is 4.13. The molecule has 2 aromatic rings. The highest BCUT2D eigenvalue weighted by Gasteiger charge is 2.23. The van der Waals surface area contributed by atoms with Crippen molar-refractivity contribution in [2.24, 2.45) is 4.99 Å². The van der Waals surface area contributed by atoms with Crippen LogP contribution in [-0.4, -0.2) is 37.4 Å². The second-order valence-electron chi connectivity index (χ2n) is 7.99. The van der Waals surface area contributed by atoms with E-state index in [-0.39, 0.29) is 0 Å². The SMILES string of the molecule is C=C1NC(CN(C)C/C(=C\CC)N2CCc3ccccc32)=Nc2ccc(C)cc21. The Labute approximate surface area is 174 Å². The van der Waals surface area contributed by atoms with Crippen LogP contribution in [0, 0.1) is 6.92 Å². The average molecular weight is 387 g/mol.